The highest BCUT2D eigenvalue weighted by Crippen LogP contribution is 2.20. The Morgan fingerprint density at radius 2 is 2.10 bits per heavy atom. The van der Waals surface area contributed by atoms with Crippen molar-refractivity contribution in [1.82, 2.24) is 4.90 Å². The number of urea groups is 1. The van der Waals surface area contributed by atoms with Gasteiger partial charge in [-0.15, -0.1) is 0 Å². The molecule has 0 saturated carbocycles. The number of ether oxygens (including phenoxy) is 1. The zero-order chi connectivity index (χ0) is 15.8. The standard InChI is InChI=1S/C14H19ClN2O4/c1-16(7-4-8-21-2)14(20)17(10-13(18)19)12-6-3-5-11(15)9-12/h3,5-6,9H,4,7-8,10H2,1-2H3,(H,18,19). The first-order chi connectivity index (χ1) is 9.95. The number of rotatable bonds is 7. The topological polar surface area (TPSA) is 70.1 Å². The average Bonchev–Trinajstić information content (AvgIpc) is 2.44. The van der Waals surface area contributed by atoms with Crippen LogP contribution in [-0.2, 0) is 9.53 Å². The Morgan fingerprint density at radius 3 is 2.67 bits per heavy atom. The highest BCUT2D eigenvalue weighted by Gasteiger charge is 2.22. The molecular formula is C14H19ClN2O4. The average molecular weight is 315 g/mol. The molecule has 0 saturated heterocycles. The fraction of sp³-hybridized carbons (Fsp3) is 0.429. The summed E-state index contributed by atoms with van der Waals surface area (Å²) in [6.07, 6.45) is 0.676. The number of halogens is 1. The molecule has 1 N–H and O–H groups in total. The van der Waals surface area contributed by atoms with Crippen LogP contribution in [0, 0.1) is 0 Å². The minimum absolute atomic E-state index is 0.393. The van der Waals surface area contributed by atoms with Crippen molar-refractivity contribution in [3.8, 4) is 0 Å². The van der Waals surface area contributed by atoms with Gasteiger partial charge in [0.1, 0.15) is 6.54 Å². The SMILES string of the molecule is COCCCN(C)C(=O)N(CC(=O)O)c1cccc(Cl)c1. The van der Waals surface area contributed by atoms with Crippen LogP contribution in [0.4, 0.5) is 10.5 Å². The summed E-state index contributed by atoms with van der Waals surface area (Å²) in [6.45, 7) is 0.588. The van der Waals surface area contributed by atoms with Crippen LogP contribution in [-0.4, -0.2) is 55.9 Å². The molecule has 2 amide bonds. The molecule has 0 heterocycles. The fourth-order valence-corrected chi connectivity index (χ4v) is 1.98. The van der Waals surface area contributed by atoms with Crippen LogP contribution < -0.4 is 4.90 Å². The lowest BCUT2D eigenvalue weighted by Crippen LogP contribution is -2.44. The summed E-state index contributed by atoms with van der Waals surface area (Å²) in [7, 11) is 3.21. The summed E-state index contributed by atoms with van der Waals surface area (Å²) >= 11 is 5.90. The van der Waals surface area contributed by atoms with E-state index >= 15 is 0 Å². The van der Waals surface area contributed by atoms with E-state index in [9.17, 15) is 9.59 Å². The van der Waals surface area contributed by atoms with Gasteiger partial charge in [0.25, 0.3) is 0 Å². The first kappa shape index (κ1) is 17.3. The molecule has 0 spiro atoms. The zero-order valence-electron chi connectivity index (χ0n) is 12.1. The number of carbonyl (C=O) groups is 2. The minimum Gasteiger partial charge on any atom is -0.480 e. The second kappa shape index (κ2) is 8.49. The van der Waals surface area contributed by atoms with Crippen molar-refractivity contribution in [3.05, 3.63) is 29.3 Å². The Morgan fingerprint density at radius 1 is 1.38 bits per heavy atom. The van der Waals surface area contributed by atoms with Gasteiger partial charge in [0.05, 0.1) is 0 Å². The molecule has 116 valence electrons. The molecule has 0 aromatic heterocycles. The number of aliphatic carboxylic acids is 1. The van der Waals surface area contributed by atoms with E-state index in [-0.39, 0.29) is 0 Å². The lowest BCUT2D eigenvalue weighted by atomic mass is 10.3. The predicted molar refractivity (Wildman–Crippen MR) is 81.0 cm³/mol. The van der Waals surface area contributed by atoms with E-state index in [4.69, 9.17) is 21.4 Å². The monoisotopic (exact) mass is 314 g/mol. The summed E-state index contributed by atoms with van der Waals surface area (Å²) in [4.78, 5) is 26.0. The van der Waals surface area contributed by atoms with Crippen LogP contribution in [0.25, 0.3) is 0 Å². The van der Waals surface area contributed by atoms with Crippen molar-refractivity contribution in [2.45, 2.75) is 6.42 Å². The Kier molecular flexibility index (Phi) is 6.98. The number of carboxylic acids is 1. The van der Waals surface area contributed by atoms with Gasteiger partial charge in [-0.3, -0.25) is 9.69 Å². The van der Waals surface area contributed by atoms with Crippen LogP contribution in [0.15, 0.2) is 24.3 Å². The van der Waals surface area contributed by atoms with Crippen molar-refractivity contribution < 1.29 is 19.4 Å². The maximum atomic E-state index is 12.4. The fourth-order valence-electron chi connectivity index (χ4n) is 1.80. The predicted octanol–water partition coefficient (Wildman–Crippen LogP) is 2.32. The van der Waals surface area contributed by atoms with Crippen molar-refractivity contribution in [3.63, 3.8) is 0 Å². The molecule has 0 aliphatic carbocycles. The van der Waals surface area contributed by atoms with Gasteiger partial charge in [-0.2, -0.15) is 0 Å². The van der Waals surface area contributed by atoms with Gasteiger partial charge in [0, 0.05) is 38.0 Å². The van der Waals surface area contributed by atoms with Gasteiger partial charge in [0.2, 0.25) is 0 Å². The van der Waals surface area contributed by atoms with Gasteiger partial charge in [-0.25, -0.2) is 4.79 Å². The van der Waals surface area contributed by atoms with Crippen molar-refractivity contribution in [2.75, 3.05) is 38.8 Å². The van der Waals surface area contributed by atoms with E-state index in [1.54, 1.807) is 38.4 Å². The molecule has 1 aromatic carbocycles. The third-order valence-corrected chi connectivity index (χ3v) is 3.05. The van der Waals surface area contributed by atoms with Crippen LogP contribution in [0.5, 0.6) is 0 Å². The quantitative estimate of drug-likeness (QED) is 0.784. The number of hydrogen-bond donors (Lipinski definition) is 1. The molecule has 0 unspecified atom stereocenters. The molecule has 7 heteroatoms. The zero-order valence-corrected chi connectivity index (χ0v) is 12.8. The molecule has 0 aliphatic heterocycles. The third kappa shape index (κ3) is 5.61. The number of carboxylic acid groups (broad SMARTS) is 1. The Hall–Kier alpha value is -1.79. The largest absolute Gasteiger partial charge is 0.480 e. The van der Waals surface area contributed by atoms with Crippen LogP contribution in [0.1, 0.15) is 6.42 Å². The molecule has 21 heavy (non-hydrogen) atoms. The number of hydrogen-bond acceptors (Lipinski definition) is 3. The van der Waals surface area contributed by atoms with Crippen molar-refractivity contribution in [1.29, 1.82) is 0 Å². The van der Waals surface area contributed by atoms with Crippen LogP contribution >= 0.6 is 11.6 Å². The number of amides is 2. The second-order valence-electron chi connectivity index (χ2n) is 4.51. The molecule has 1 rings (SSSR count). The van der Waals surface area contributed by atoms with Crippen LogP contribution in [0.2, 0.25) is 5.02 Å². The van der Waals surface area contributed by atoms with Gasteiger partial charge < -0.3 is 14.7 Å². The summed E-state index contributed by atoms with van der Waals surface area (Å²) in [6, 6.07) is 6.15. The molecule has 0 bridgehead atoms. The lowest BCUT2D eigenvalue weighted by molar-refractivity contribution is -0.135. The molecule has 0 aliphatic rings. The van der Waals surface area contributed by atoms with Gasteiger partial charge in [0.15, 0.2) is 0 Å². The maximum Gasteiger partial charge on any atom is 0.324 e. The number of anilines is 1. The van der Waals surface area contributed by atoms with E-state index in [0.717, 1.165) is 0 Å². The van der Waals surface area contributed by atoms with Gasteiger partial charge in [-0.05, 0) is 24.6 Å². The molecule has 0 atom stereocenters. The van der Waals surface area contributed by atoms with E-state index in [1.807, 2.05) is 0 Å². The van der Waals surface area contributed by atoms with Gasteiger partial charge >= 0.3 is 12.0 Å². The number of methoxy groups -OCH3 is 1. The summed E-state index contributed by atoms with van der Waals surface area (Å²) < 4.78 is 4.93. The van der Waals surface area contributed by atoms with Crippen molar-refractivity contribution in [2.24, 2.45) is 0 Å². The lowest BCUT2D eigenvalue weighted by Gasteiger charge is -2.27. The van der Waals surface area contributed by atoms with E-state index < -0.39 is 18.5 Å². The second-order valence-corrected chi connectivity index (χ2v) is 4.95. The summed E-state index contributed by atoms with van der Waals surface area (Å²) in [5.41, 5.74) is 0.452. The number of nitrogens with zero attached hydrogens (tertiary/aromatic N) is 2. The van der Waals surface area contributed by atoms with E-state index in [0.29, 0.717) is 30.3 Å². The van der Waals surface area contributed by atoms with E-state index in [1.165, 1.54) is 9.80 Å². The Bertz CT molecular complexity index is 496. The molecule has 1 aromatic rings. The Labute approximate surface area is 128 Å². The Balaban J connectivity index is 2.86. The molecule has 0 radical (unpaired) electrons. The normalized spacial score (nSPS) is 10.2. The smallest absolute Gasteiger partial charge is 0.324 e. The van der Waals surface area contributed by atoms with Crippen LogP contribution in [0.3, 0.4) is 0 Å². The molecule has 0 fully saturated rings. The summed E-state index contributed by atoms with van der Waals surface area (Å²) in [5.74, 6) is -1.09. The van der Waals surface area contributed by atoms with Gasteiger partial charge in [-0.1, -0.05) is 17.7 Å². The highest BCUT2D eigenvalue weighted by molar-refractivity contribution is 6.30. The summed E-state index contributed by atoms with van der Waals surface area (Å²) in [5, 5.41) is 9.44. The first-order valence-electron chi connectivity index (χ1n) is 6.44. The highest BCUT2D eigenvalue weighted by atomic mass is 35.5. The van der Waals surface area contributed by atoms with E-state index in [2.05, 4.69) is 0 Å². The molecular weight excluding hydrogens is 296 g/mol. The third-order valence-electron chi connectivity index (χ3n) is 2.81. The molecule has 6 nitrogen and oxygen atoms in total. The number of benzene rings is 1. The maximum absolute atomic E-state index is 12.4. The first-order valence-corrected chi connectivity index (χ1v) is 6.82. The van der Waals surface area contributed by atoms with Crippen molar-refractivity contribution >= 4 is 29.3 Å². The minimum atomic E-state index is -1.09. The number of carbonyl (C=O) groups excluding carboxylic acids is 1.